The van der Waals surface area contributed by atoms with Crippen LogP contribution in [0.15, 0.2) is 0 Å². The van der Waals surface area contributed by atoms with Crippen molar-refractivity contribution in [3.63, 3.8) is 0 Å². The summed E-state index contributed by atoms with van der Waals surface area (Å²) in [4.78, 5) is 10.9. The van der Waals surface area contributed by atoms with Gasteiger partial charge in [0.2, 0.25) is 5.91 Å². The molecule has 0 aromatic heterocycles. The Morgan fingerprint density at radius 3 is 2.46 bits per heavy atom. The van der Waals surface area contributed by atoms with Crippen LogP contribution in [0.2, 0.25) is 0 Å². The summed E-state index contributed by atoms with van der Waals surface area (Å²) in [7, 11) is 0. The van der Waals surface area contributed by atoms with Crippen molar-refractivity contribution in [1.29, 1.82) is 0 Å². The molecule has 0 saturated carbocycles. The number of carbonyl (C=O) groups is 1. The minimum absolute atomic E-state index is 0.240. The van der Waals surface area contributed by atoms with E-state index >= 15 is 0 Å². The Balaban J connectivity index is 3.46. The molecule has 0 spiro atoms. The lowest BCUT2D eigenvalue weighted by Crippen LogP contribution is -2.40. The largest absolute Gasteiger partial charge is 0.369 e. The summed E-state index contributed by atoms with van der Waals surface area (Å²) in [6, 6.07) is 0. The van der Waals surface area contributed by atoms with E-state index in [0.717, 1.165) is 6.54 Å². The van der Waals surface area contributed by atoms with Gasteiger partial charge in [-0.3, -0.25) is 4.79 Å². The van der Waals surface area contributed by atoms with E-state index in [0.29, 0.717) is 6.54 Å². The molecule has 3 nitrogen and oxygen atoms in total. The van der Waals surface area contributed by atoms with Crippen LogP contribution in [0, 0.1) is 5.41 Å². The van der Waals surface area contributed by atoms with Crippen LogP contribution in [-0.2, 0) is 4.79 Å². The summed E-state index contributed by atoms with van der Waals surface area (Å²) in [5.74, 6) is -0.240. The first kappa shape index (κ1) is 12.4. The lowest BCUT2D eigenvalue weighted by molar-refractivity contribution is -0.125. The van der Waals surface area contributed by atoms with E-state index in [-0.39, 0.29) is 5.91 Å². The molecule has 0 aliphatic carbocycles. The topological polar surface area (TPSA) is 55.1 Å². The molecule has 0 fully saturated rings. The van der Waals surface area contributed by atoms with E-state index in [1.807, 2.05) is 13.8 Å². The molecule has 0 aromatic rings. The van der Waals surface area contributed by atoms with Crippen molar-refractivity contribution >= 4 is 5.91 Å². The lowest BCUT2D eigenvalue weighted by atomic mass is 9.93. The molecule has 0 atom stereocenters. The van der Waals surface area contributed by atoms with E-state index in [1.165, 1.54) is 19.3 Å². The normalized spacial score (nSPS) is 11.6. The standard InChI is InChI=1S/C10H22N2O/c1-4-5-6-7-12-8-10(2,3)9(11)13/h12H,4-8H2,1-3H3,(H2,11,13). The first-order valence-corrected chi connectivity index (χ1v) is 5.01. The van der Waals surface area contributed by atoms with Crippen LogP contribution in [0.3, 0.4) is 0 Å². The molecule has 0 aliphatic rings. The van der Waals surface area contributed by atoms with Gasteiger partial charge in [0.05, 0.1) is 5.41 Å². The fraction of sp³-hybridized carbons (Fsp3) is 0.900. The third kappa shape index (κ3) is 5.64. The average molecular weight is 186 g/mol. The summed E-state index contributed by atoms with van der Waals surface area (Å²) in [5.41, 5.74) is 4.81. The number of amides is 1. The van der Waals surface area contributed by atoms with Crippen LogP contribution in [0.5, 0.6) is 0 Å². The molecule has 0 unspecified atom stereocenters. The average Bonchev–Trinajstić information content (AvgIpc) is 2.03. The van der Waals surface area contributed by atoms with Crippen molar-refractivity contribution in [3.05, 3.63) is 0 Å². The van der Waals surface area contributed by atoms with E-state index < -0.39 is 5.41 Å². The summed E-state index contributed by atoms with van der Waals surface area (Å²) >= 11 is 0. The van der Waals surface area contributed by atoms with Crippen molar-refractivity contribution < 1.29 is 4.79 Å². The van der Waals surface area contributed by atoms with Crippen molar-refractivity contribution in [2.75, 3.05) is 13.1 Å². The first-order valence-electron chi connectivity index (χ1n) is 5.01. The van der Waals surface area contributed by atoms with Gasteiger partial charge < -0.3 is 11.1 Å². The SMILES string of the molecule is CCCCCNCC(C)(C)C(N)=O. The third-order valence-electron chi connectivity index (χ3n) is 2.19. The minimum atomic E-state index is -0.424. The molecule has 13 heavy (non-hydrogen) atoms. The van der Waals surface area contributed by atoms with Gasteiger partial charge in [-0.25, -0.2) is 0 Å². The molecule has 3 N–H and O–H groups in total. The highest BCUT2D eigenvalue weighted by molar-refractivity contribution is 5.80. The van der Waals surface area contributed by atoms with Gasteiger partial charge in [-0.1, -0.05) is 19.8 Å². The molecule has 1 amide bonds. The summed E-state index contributed by atoms with van der Waals surface area (Å²) in [6.45, 7) is 7.55. The minimum Gasteiger partial charge on any atom is -0.369 e. The number of primary amides is 1. The Bertz CT molecular complexity index is 155. The molecule has 0 aliphatic heterocycles. The highest BCUT2D eigenvalue weighted by Gasteiger charge is 2.23. The molecule has 0 saturated heterocycles. The Morgan fingerprint density at radius 2 is 2.00 bits per heavy atom. The second kappa shape index (κ2) is 5.97. The Morgan fingerprint density at radius 1 is 1.38 bits per heavy atom. The highest BCUT2D eigenvalue weighted by Crippen LogP contribution is 2.11. The summed E-state index contributed by atoms with van der Waals surface area (Å²) in [5, 5.41) is 3.24. The predicted molar refractivity (Wildman–Crippen MR) is 55.4 cm³/mol. The number of nitrogens with one attached hydrogen (secondary N) is 1. The number of unbranched alkanes of at least 4 members (excludes halogenated alkanes) is 2. The van der Waals surface area contributed by atoms with Gasteiger partial charge in [0.25, 0.3) is 0 Å². The van der Waals surface area contributed by atoms with Crippen LogP contribution < -0.4 is 11.1 Å². The number of hydrogen-bond donors (Lipinski definition) is 2. The number of nitrogens with two attached hydrogens (primary N) is 1. The van der Waals surface area contributed by atoms with Gasteiger partial charge in [0, 0.05) is 6.54 Å². The highest BCUT2D eigenvalue weighted by atomic mass is 16.1. The fourth-order valence-corrected chi connectivity index (χ4v) is 0.988. The van der Waals surface area contributed by atoms with Crippen LogP contribution in [0.25, 0.3) is 0 Å². The summed E-state index contributed by atoms with van der Waals surface area (Å²) in [6.07, 6.45) is 3.64. The van der Waals surface area contributed by atoms with Crippen LogP contribution in [0.1, 0.15) is 40.0 Å². The van der Waals surface area contributed by atoms with Crippen molar-refractivity contribution in [1.82, 2.24) is 5.32 Å². The van der Waals surface area contributed by atoms with E-state index in [9.17, 15) is 4.79 Å². The van der Waals surface area contributed by atoms with E-state index in [2.05, 4.69) is 12.2 Å². The van der Waals surface area contributed by atoms with E-state index in [1.54, 1.807) is 0 Å². The van der Waals surface area contributed by atoms with Gasteiger partial charge >= 0.3 is 0 Å². The summed E-state index contributed by atoms with van der Waals surface area (Å²) < 4.78 is 0. The van der Waals surface area contributed by atoms with Crippen molar-refractivity contribution in [2.24, 2.45) is 11.1 Å². The molecule has 3 heteroatoms. The molecular weight excluding hydrogens is 164 g/mol. The molecule has 0 heterocycles. The smallest absolute Gasteiger partial charge is 0.224 e. The van der Waals surface area contributed by atoms with Crippen molar-refractivity contribution in [2.45, 2.75) is 40.0 Å². The maximum absolute atomic E-state index is 10.9. The zero-order valence-corrected chi connectivity index (χ0v) is 9.02. The maximum atomic E-state index is 10.9. The number of rotatable bonds is 7. The Labute approximate surface area is 81.1 Å². The molecule has 0 aromatic carbocycles. The quantitative estimate of drug-likeness (QED) is 0.588. The fourth-order valence-electron chi connectivity index (χ4n) is 0.988. The Kier molecular flexibility index (Phi) is 5.71. The monoisotopic (exact) mass is 186 g/mol. The first-order chi connectivity index (χ1) is 6.00. The molecule has 0 bridgehead atoms. The molecule has 0 radical (unpaired) electrons. The zero-order chi connectivity index (χ0) is 10.3. The molecular formula is C10H22N2O. The number of hydrogen-bond acceptors (Lipinski definition) is 2. The van der Waals surface area contributed by atoms with Gasteiger partial charge in [-0.15, -0.1) is 0 Å². The molecule has 78 valence electrons. The zero-order valence-electron chi connectivity index (χ0n) is 9.02. The van der Waals surface area contributed by atoms with Crippen LogP contribution in [-0.4, -0.2) is 19.0 Å². The second-order valence-corrected chi connectivity index (χ2v) is 4.13. The van der Waals surface area contributed by atoms with Crippen molar-refractivity contribution in [3.8, 4) is 0 Å². The van der Waals surface area contributed by atoms with Gasteiger partial charge in [0.15, 0.2) is 0 Å². The van der Waals surface area contributed by atoms with Crippen LogP contribution in [0.4, 0.5) is 0 Å². The van der Waals surface area contributed by atoms with Gasteiger partial charge in [-0.2, -0.15) is 0 Å². The van der Waals surface area contributed by atoms with Gasteiger partial charge in [0.1, 0.15) is 0 Å². The molecule has 0 rings (SSSR count). The predicted octanol–water partition coefficient (Wildman–Crippen LogP) is 1.28. The van der Waals surface area contributed by atoms with Gasteiger partial charge in [-0.05, 0) is 26.8 Å². The Hall–Kier alpha value is -0.570. The maximum Gasteiger partial charge on any atom is 0.224 e. The lowest BCUT2D eigenvalue weighted by Gasteiger charge is -2.20. The second-order valence-electron chi connectivity index (χ2n) is 4.13. The third-order valence-corrected chi connectivity index (χ3v) is 2.19. The van der Waals surface area contributed by atoms with E-state index in [4.69, 9.17) is 5.73 Å². The number of carbonyl (C=O) groups excluding carboxylic acids is 1. The van der Waals surface area contributed by atoms with Crippen LogP contribution >= 0.6 is 0 Å².